The highest BCUT2D eigenvalue weighted by molar-refractivity contribution is 5.94. The Morgan fingerprint density at radius 2 is 1.93 bits per heavy atom. The number of carbonyl (C=O) groups is 2. The van der Waals surface area contributed by atoms with Crippen molar-refractivity contribution in [2.24, 2.45) is 5.92 Å². The van der Waals surface area contributed by atoms with Gasteiger partial charge in [0.2, 0.25) is 0 Å². The Balaban J connectivity index is 1.63. The molecule has 2 fully saturated rings. The lowest BCUT2D eigenvalue weighted by Crippen LogP contribution is -2.50. The number of fused-ring (bicyclic) bond motifs is 1. The van der Waals surface area contributed by atoms with Crippen LogP contribution in [0.5, 0.6) is 5.75 Å². The fourth-order valence-electron chi connectivity index (χ4n) is 3.90. The summed E-state index contributed by atoms with van der Waals surface area (Å²) in [5, 5.41) is 0. The van der Waals surface area contributed by atoms with Crippen LogP contribution in [0.3, 0.4) is 0 Å². The molecule has 0 unspecified atom stereocenters. The molecular weight excluding hydrogens is 370 g/mol. The van der Waals surface area contributed by atoms with Gasteiger partial charge in [0.25, 0.3) is 5.91 Å². The standard InChI is InChI=1S/C20H26F2N2O4/c1-20(2,3)28-19(26)24-10-7-14-12-23(9-8-16(14)24)17(25)13-5-4-6-15(11-13)27-18(21)22/h4-6,11,14,16,18H,7-10,12H2,1-3H3/t14-,16+/m0/s1. The predicted octanol–water partition coefficient (Wildman–Crippen LogP) is 3.76. The van der Waals surface area contributed by atoms with E-state index in [0.29, 0.717) is 31.6 Å². The maximum Gasteiger partial charge on any atom is 0.410 e. The van der Waals surface area contributed by atoms with Crippen LogP contribution in [-0.4, -0.2) is 59.7 Å². The molecule has 2 aliphatic heterocycles. The van der Waals surface area contributed by atoms with Gasteiger partial charge in [0.05, 0.1) is 0 Å². The zero-order valence-electron chi connectivity index (χ0n) is 16.4. The average molecular weight is 396 g/mol. The number of amides is 2. The maximum absolute atomic E-state index is 12.8. The molecule has 0 bridgehead atoms. The second kappa shape index (κ2) is 7.93. The van der Waals surface area contributed by atoms with Gasteiger partial charge in [-0.1, -0.05) is 6.07 Å². The van der Waals surface area contributed by atoms with Gasteiger partial charge in [0.15, 0.2) is 0 Å². The number of benzene rings is 1. The molecule has 2 heterocycles. The molecule has 28 heavy (non-hydrogen) atoms. The fourth-order valence-corrected chi connectivity index (χ4v) is 3.90. The van der Waals surface area contributed by atoms with Crippen LogP contribution in [0, 0.1) is 5.92 Å². The number of hydrogen-bond acceptors (Lipinski definition) is 4. The third-order valence-electron chi connectivity index (χ3n) is 5.06. The van der Waals surface area contributed by atoms with Crippen LogP contribution in [0.15, 0.2) is 24.3 Å². The van der Waals surface area contributed by atoms with Crippen molar-refractivity contribution in [3.63, 3.8) is 0 Å². The van der Waals surface area contributed by atoms with Crippen LogP contribution in [-0.2, 0) is 4.74 Å². The second-order valence-corrected chi connectivity index (χ2v) is 8.24. The third kappa shape index (κ3) is 4.72. The van der Waals surface area contributed by atoms with Crippen molar-refractivity contribution >= 4 is 12.0 Å². The number of piperidine rings is 1. The van der Waals surface area contributed by atoms with E-state index in [0.717, 1.165) is 6.42 Å². The number of carbonyl (C=O) groups excluding carboxylic acids is 2. The molecule has 1 aromatic rings. The maximum atomic E-state index is 12.8. The molecule has 0 aromatic heterocycles. The lowest BCUT2D eigenvalue weighted by Gasteiger charge is -2.38. The van der Waals surface area contributed by atoms with E-state index in [1.165, 1.54) is 18.2 Å². The Morgan fingerprint density at radius 3 is 2.61 bits per heavy atom. The molecule has 2 aliphatic rings. The van der Waals surface area contributed by atoms with E-state index in [2.05, 4.69) is 4.74 Å². The molecule has 8 heteroatoms. The SMILES string of the molecule is CC(C)(C)OC(=O)N1CC[C@H]2CN(C(=O)c3cccc(OC(F)F)c3)CC[C@H]21. The Bertz CT molecular complexity index is 735. The van der Waals surface area contributed by atoms with E-state index in [9.17, 15) is 18.4 Å². The van der Waals surface area contributed by atoms with Gasteiger partial charge >= 0.3 is 12.7 Å². The second-order valence-electron chi connectivity index (χ2n) is 8.24. The number of nitrogens with zero attached hydrogens (tertiary/aromatic N) is 2. The topological polar surface area (TPSA) is 59.1 Å². The molecule has 154 valence electrons. The highest BCUT2D eigenvalue weighted by atomic mass is 19.3. The van der Waals surface area contributed by atoms with E-state index in [-0.39, 0.29) is 29.7 Å². The van der Waals surface area contributed by atoms with Gasteiger partial charge in [-0.05, 0) is 57.7 Å². The van der Waals surface area contributed by atoms with Crippen LogP contribution in [0.25, 0.3) is 0 Å². The molecule has 1 aromatic carbocycles. The minimum atomic E-state index is -2.93. The zero-order chi connectivity index (χ0) is 20.5. The van der Waals surface area contributed by atoms with Crippen molar-refractivity contribution in [2.45, 2.75) is 51.9 Å². The summed E-state index contributed by atoms with van der Waals surface area (Å²) in [6.07, 6.45) is 1.17. The first-order chi connectivity index (χ1) is 13.1. The molecule has 2 saturated heterocycles. The summed E-state index contributed by atoms with van der Waals surface area (Å²) in [7, 11) is 0. The third-order valence-corrected chi connectivity index (χ3v) is 5.06. The van der Waals surface area contributed by atoms with Crippen molar-refractivity contribution in [1.82, 2.24) is 9.80 Å². The average Bonchev–Trinajstić information content (AvgIpc) is 3.02. The van der Waals surface area contributed by atoms with Crippen molar-refractivity contribution < 1.29 is 27.8 Å². The molecule has 0 N–H and O–H groups in total. The Morgan fingerprint density at radius 1 is 1.18 bits per heavy atom. The van der Waals surface area contributed by atoms with Gasteiger partial charge in [0.1, 0.15) is 11.4 Å². The number of alkyl halides is 2. The molecular formula is C20H26F2N2O4. The quantitative estimate of drug-likeness (QED) is 0.781. The van der Waals surface area contributed by atoms with E-state index in [1.807, 2.05) is 20.8 Å². The summed E-state index contributed by atoms with van der Waals surface area (Å²) in [6, 6.07) is 5.91. The molecule has 0 saturated carbocycles. The highest BCUT2D eigenvalue weighted by Crippen LogP contribution is 2.33. The summed E-state index contributed by atoms with van der Waals surface area (Å²) in [6.45, 7) is 4.23. The van der Waals surface area contributed by atoms with E-state index in [4.69, 9.17) is 4.74 Å². The predicted molar refractivity (Wildman–Crippen MR) is 98.4 cm³/mol. The summed E-state index contributed by atoms with van der Waals surface area (Å²) in [5.41, 5.74) is -0.226. The minimum absolute atomic E-state index is 0.0345. The summed E-state index contributed by atoms with van der Waals surface area (Å²) in [5.74, 6) is -0.0627. The van der Waals surface area contributed by atoms with Crippen LogP contribution in [0.2, 0.25) is 0 Å². The Labute approximate surface area is 163 Å². The van der Waals surface area contributed by atoms with Crippen molar-refractivity contribution in [3.8, 4) is 5.75 Å². The first-order valence-corrected chi connectivity index (χ1v) is 9.48. The molecule has 0 radical (unpaired) electrons. The summed E-state index contributed by atoms with van der Waals surface area (Å²) < 4.78 is 34.7. The van der Waals surface area contributed by atoms with E-state index < -0.39 is 12.2 Å². The zero-order valence-corrected chi connectivity index (χ0v) is 16.4. The number of hydrogen-bond donors (Lipinski definition) is 0. The monoisotopic (exact) mass is 396 g/mol. The van der Waals surface area contributed by atoms with Gasteiger partial charge in [0, 0.05) is 31.2 Å². The molecule has 2 amide bonds. The van der Waals surface area contributed by atoms with Crippen LogP contribution >= 0.6 is 0 Å². The minimum Gasteiger partial charge on any atom is -0.444 e. The van der Waals surface area contributed by atoms with Crippen LogP contribution in [0.1, 0.15) is 44.0 Å². The first-order valence-electron chi connectivity index (χ1n) is 9.48. The molecule has 0 spiro atoms. The van der Waals surface area contributed by atoms with Gasteiger partial charge in [-0.3, -0.25) is 4.79 Å². The molecule has 0 aliphatic carbocycles. The van der Waals surface area contributed by atoms with Gasteiger partial charge in [-0.25, -0.2) is 4.79 Å². The van der Waals surface area contributed by atoms with Gasteiger partial charge in [-0.2, -0.15) is 8.78 Å². The fraction of sp³-hybridized carbons (Fsp3) is 0.600. The van der Waals surface area contributed by atoms with Gasteiger partial charge < -0.3 is 19.3 Å². The van der Waals surface area contributed by atoms with Crippen LogP contribution < -0.4 is 4.74 Å². The highest BCUT2D eigenvalue weighted by Gasteiger charge is 2.42. The molecule has 6 nitrogen and oxygen atoms in total. The lowest BCUT2D eigenvalue weighted by molar-refractivity contribution is -0.0499. The summed E-state index contributed by atoms with van der Waals surface area (Å²) in [4.78, 5) is 28.7. The number of ether oxygens (including phenoxy) is 2. The Kier molecular flexibility index (Phi) is 5.76. The smallest absolute Gasteiger partial charge is 0.410 e. The Hall–Kier alpha value is -2.38. The number of likely N-dealkylation sites (tertiary alicyclic amines) is 2. The summed E-state index contributed by atoms with van der Waals surface area (Å²) >= 11 is 0. The van der Waals surface area contributed by atoms with E-state index in [1.54, 1.807) is 15.9 Å². The number of halogens is 2. The normalized spacial score (nSPS) is 22.2. The van der Waals surface area contributed by atoms with Crippen LogP contribution in [0.4, 0.5) is 13.6 Å². The van der Waals surface area contributed by atoms with Gasteiger partial charge in [-0.15, -0.1) is 0 Å². The van der Waals surface area contributed by atoms with Crippen molar-refractivity contribution in [2.75, 3.05) is 19.6 Å². The molecule has 3 rings (SSSR count). The largest absolute Gasteiger partial charge is 0.444 e. The molecule has 2 atom stereocenters. The first kappa shape index (κ1) is 20.4. The van der Waals surface area contributed by atoms with Crippen molar-refractivity contribution in [3.05, 3.63) is 29.8 Å². The van der Waals surface area contributed by atoms with Crippen molar-refractivity contribution in [1.29, 1.82) is 0 Å². The number of rotatable bonds is 3. The lowest BCUT2D eigenvalue weighted by atomic mass is 9.92. The van der Waals surface area contributed by atoms with E-state index >= 15 is 0 Å².